The van der Waals surface area contributed by atoms with Crippen molar-refractivity contribution in [3.63, 3.8) is 0 Å². The van der Waals surface area contributed by atoms with Crippen LogP contribution in [0.3, 0.4) is 0 Å². The van der Waals surface area contributed by atoms with Gasteiger partial charge >= 0.3 is 0 Å². The molecule has 0 atom stereocenters. The molecule has 1 aromatic carbocycles. The Labute approximate surface area is 167 Å². The number of nitrogens with zero attached hydrogens (tertiary/aromatic N) is 4. The minimum Gasteiger partial charge on any atom is -0.493 e. The van der Waals surface area contributed by atoms with Crippen LogP contribution in [0.15, 0.2) is 47.8 Å². The van der Waals surface area contributed by atoms with Crippen LogP contribution in [0, 0.1) is 0 Å². The Morgan fingerprint density at radius 1 is 1.18 bits per heavy atom. The largest absolute Gasteiger partial charge is 0.493 e. The van der Waals surface area contributed by atoms with Gasteiger partial charge in [0.1, 0.15) is 12.1 Å². The summed E-state index contributed by atoms with van der Waals surface area (Å²) in [5.74, 6) is 0.776. The van der Waals surface area contributed by atoms with Gasteiger partial charge in [-0.2, -0.15) is 9.40 Å². The van der Waals surface area contributed by atoms with Gasteiger partial charge < -0.3 is 4.74 Å². The molecule has 9 heteroatoms. The SMILES string of the molecule is O=S(=O)(c1ccc2c(c1)CCO2)N1CC=C(c2cc3ncnn3cc2Cl)CC1. The standard InChI is InChI=1S/C19H17ClN4O3S/c20-17-11-24-19(21-12-22-24)10-16(17)13-3-6-23(7-4-13)28(25,26)15-1-2-18-14(9-15)5-8-27-18/h1-3,9-12H,4-8H2. The Balaban J connectivity index is 1.42. The number of halogens is 1. The van der Waals surface area contributed by atoms with Crippen molar-refractivity contribution < 1.29 is 13.2 Å². The molecular weight excluding hydrogens is 400 g/mol. The third kappa shape index (κ3) is 2.88. The molecule has 0 unspecified atom stereocenters. The summed E-state index contributed by atoms with van der Waals surface area (Å²) in [5, 5.41) is 4.64. The van der Waals surface area contributed by atoms with E-state index in [9.17, 15) is 8.42 Å². The third-order valence-electron chi connectivity index (χ3n) is 5.18. The molecule has 0 fully saturated rings. The van der Waals surface area contributed by atoms with Crippen LogP contribution in [0.1, 0.15) is 17.5 Å². The fraction of sp³-hybridized carbons (Fsp3) is 0.263. The number of rotatable bonds is 3. The van der Waals surface area contributed by atoms with E-state index in [4.69, 9.17) is 16.3 Å². The Morgan fingerprint density at radius 3 is 2.89 bits per heavy atom. The second-order valence-corrected chi connectivity index (χ2v) is 9.15. The highest BCUT2D eigenvalue weighted by Gasteiger charge is 2.28. The van der Waals surface area contributed by atoms with Crippen molar-refractivity contribution in [1.29, 1.82) is 0 Å². The number of hydrogen-bond acceptors (Lipinski definition) is 5. The number of fused-ring (bicyclic) bond motifs is 2. The molecule has 3 aromatic rings. The quantitative estimate of drug-likeness (QED) is 0.656. The van der Waals surface area contributed by atoms with Crippen molar-refractivity contribution >= 4 is 32.8 Å². The predicted molar refractivity (Wildman–Crippen MR) is 105 cm³/mol. The zero-order valence-corrected chi connectivity index (χ0v) is 16.4. The van der Waals surface area contributed by atoms with Gasteiger partial charge in [-0.25, -0.2) is 17.9 Å². The zero-order valence-electron chi connectivity index (χ0n) is 14.9. The van der Waals surface area contributed by atoms with Crippen LogP contribution in [-0.2, 0) is 16.4 Å². The topological polar surface area (TPSA) is 76.8 Å². The molecule has 0 radical (unpaired) electrons. The first-order chi connectivity index (χ1) is 13.5. The highest BCUT2D eigenvalue weighted by molar-refractivity contribution is 7.89. The number of aromatic nitrogens is 3. The molecule has 2 aromatic heterocycles. The van der Waals surface area contributed by atoms with Crippen molar-refractivity contribution in [2.45, 2.75) is 17.7 Å². The molecule has 0 spiro atoms. The van der Waals surface area contributed by atoms with Crippen LogP contribution in [-0.4, -0.2) is 47.0 Å². The maximum atomic E-state index is 13.0. The molecule has 144 valence electrons. The van der Waals surface area contributed by atoms with E-state index in [1.165, 1.54) is 10.6 Å². The van der Waals surface area contributed by atoms with Crippen molar-refractivity contribution in [2.75, 3.05) is 19.7 Å². The van der Waals surface area contributed by atoms with E-state index in [0.29, 0.717) is 41.7 Å². The lowest BCUT2D eigenvalue weighted by molar-refractivity contribution is 0.356. The Bertz CT molecular complexity index is 1220. The Hall–Kier alpha value is -2.42. The van der Waals surface area contributed by atoms with Crippen LogP contribution in [0.2, 0.25) is 5.02 Å². The van der Waals surface area contributed by atoms with E-state index in [1.807, 2.05) is 12.1 Å². The van der Waals surface area contributed by atoms with E-state index in [0.717, 1.165) is 28.9 Å². The van der Waals surface area contributed by atoms with Gasteiger partial charge in [0.15, 0.2) is 5.65 Å². The van der Waals surface area contributed by atoms with Gasteiger partial charge in [0.25, 0.3) is 0 Å². The number of hydrogen-bond donors (Lipinski definition) is 0. The first kappa shape index (κ1) is 17.7. The van der Waals surface area contributed by atoms with E-state index in [1.54, 1.807) is 28.9 Å². The van der Waals surface area contributed by atoms with Crippen LogP contribution in [0.5, 0.6) is 5.75 Å². The van der Waals surface area contributed by atoms with Crippen LogP contribution in [0.25, 0.3) is 11.2 Å². The molecule has 0 amide bonds. The summed E-state index contributed by atoms with van der Waals surface area (Å²) in [4.78, 5) is 4.50. The molecular formula is C19H17ClN4O3S. The lowest BCUT2D eigenvalue weighted by Gasteiger charge is -2.26. The van der Waals surface area contributed by atoms with Crippen molar-refractivity contribution in [3.05, 3.63) is 59.0 Å². The van der Waals surface area contributed by atoms with E-state index < -0.39 is 10.0 Å². The monoisotopic (exact) mass is 416 g/mol. The normalized spacial score (nSPS) is 17.4. The third-order valence-corrected chi connectivity index (χ3v) is 7.35. The summed E-state index contributed by atoms with van der Waals surface area (Å²) in [6.07, 6.45) is 6.44. The maximum absolute atomic E-state index is 13.0. The van der Waals surface area contributed by atoms with Gasteiger partial charge in [-0.3, -0.25) is 0 Å². The van der Waals surface area contributed by atoms with Gasteiger partial charge in [0, 0.05) is 25.1 Å². The molecule has 0 saturated heterocycles. The first-order valence-electron chi connectivity index (χ1n) is 8.96. The fourth-order valence-corrected chi connectivity index (χ4v) is 5.37. The van der Waals surface area contributed by atoms with Gasteiger partial charge in [0.2, 0.25) is 10.0 Å². The predicted octanol–water partition coefficient (Wildman–Crippen LogP) is 2.80. The minimum absolute atomic E-state index is 0.305. The molecule has 2 aliphatic rings. The molecule has 2 aliphatic heterocycles. The summed E-state index contributed by atoms with van der Waals surface area (Å²) < 4.78 is 34.7. The van der Waals surface area contributed by atoms with E-state index >= 15 is 0 Å². The molecule has 5 rings (SSSR count). The Morgan fingerprint density at radius 2 is 2.07 bits per heavy atom. The van der Waals surface area contributed by atoms with Crippen LogP contribution < -0.4 is 4.74 Å². The summed E-state index contributed by atoms with van der Waals surface area (Å²) in [7, 11) is -3.55. The van der Waals surface area contributed by atoms with Crippen LogP contribution >= 0.6 is 11.6 Å². The van der Waals surface area contributed by atoms with Crippen molar-refractivity contribution in [2.24, 2.45) is 0 Å². The summed E-state index contributed by atoms with van der Waals surface area (Å²) >= 11 is 6.40. The molecule has 7 nitrogen and oxygen atoms in total. The van der Waals surface area contributed by atoms with Crippen molar-refractivity contribution in [3.8, 4) is 5.75 Å². The molecule has 0 bridgehead atoms. The molecule has 4 heterocycles. The van der Waals surface area contributed by atoms with E-state index in [-0.39, 0.29) is 0 Å². The van der Waals surface area contributed by atoms with Gasteiger partial charge in [0.05, 0.1) is 22.7 Å². The average molecular weight is 417 g/mol. The Kier molecular flexibility index (Phi) is 4.15. The van der Waals surface area contributed by atoms with Crippen LogP contribution in [0.4, 0.5) is 0 Å². The number of benzene rings is 1. The second-order valence-electron chi connectivity index (χ2n) is 6.81. The van der Waals surface area contributed by atoms with Gasteiger partial charge in [-0.1, -0.05) is 17.7 Å². The average Bonchev–Trinajstić information content (AvgIpc) is 3.35. The summed E-state index contributed by atoms with van der Waals surface area (Å²) in [5.41, 5.74) is 3.54. The van der Waals surface area contributed by atoms with Gasteiger partial charge in [-0.15, -0.1) is 0 Å². The minimum atomic E-state index is -3.55. The molecule has 0 N–H and O–H groups in total. The summed E-state index contributed by atoms with van der Waals surface area (Å²) in [6, 6.07) is 6.97. The molecule has 28 heavy (non-hydrogen) atoms. The lowest BCUT2D eigenvalue weighted by Crippen LogP contribution is -2.34. The van der Waals surface area contributed by atoms with Gasteiger partial charge in [-0.05, 0) is 41.8 Å². The first-order valence-corrected chi connectivity index (χ1v) is 10.8. The molecule has 0 saturated carbocycles. The highest BCUT2D eigenvalue weighted by atomic mass is 35.5. The molecule has 0 aliphatic carbocycles. The second kappa shape index (κ2) is 6.58. The zero-order chi connectivity index (χ0) is 19.3. The maximum Gasteiger partial charge on any atom is 0.243 e. The number of ether oxygens (including phenoxy) is 1. The highest BCUT2D eigenvalue weighted by Crippen LogP contribution is 2.32. The number of sulfonamides is 1. The van der Waals surface area contributed by atoms with Crippen molar-refractivity contribution in [1.82, 2.24) is 18.9 Å². The summed E-state index contributed by atoms with van der Waals surface area (Å²) in [6.45, 7) is 1.31. The fourth-order valence-electron chi connectivity index (χ4n) is 3.67. The lowest BCUT2D eigenvalue weighted by atomic mass is 10.0. The van der Waals surface area contributed by atoms with E-state index in [2.05, 4.69) is 10.1 Å². The number of pyridine rings is 1. The smallest absolute Gasteiger partial charge is 0.243 e.